The summed E-state index contributed by atoms with van der Waals surface area (Å²) in [6, 6.07) is 2.12. The minimum atomic E-state index is 0.459. The zero-order chi connectivity index (χ0) is 11.0. The molecule has 2 aromatic rings. The summed E-state index contributed by atoms with van der Waals surface area (Å²) in [6.07, 6.45) is 3.61. The predicted molar refractivity (Wildman–Crippen MR) is 62.3 cm³/mol. The van der Waals surface area contributed by atoms with Crippen molar-refractivity contribution < 1.29 is 0 Å². The van der Waals surface area contributed by atoms with Crippen molar-refractivity contribution in [2.45, 2.75) is 32.7 Å². The Morgan fingerprint density at radius 2 is 2.38 bits per heavy atom. The molecule has 84 valence electrons. The van der Waals surface area contributed by atoms with E-state index in [0.29, 0.717) is 5.41 Å². The van der Waals surface area contributed by atoms with E-state index in [-0.39, 0.29) is 0 Å². The molecule has 2 heterocycles. The van der Waals surface area contributed by atoms with Crippen LogP contribution in [0.3, 0.4) is 0 Å². The molecule has 1 saturated carbocycles. The molecule has 0 bridgehead atoms. The molecule has 0 spiro atoms. The van der Waals surface area contributed by atoms with E-state index in [9.17, 15) is 0 Å². The van der Waals surface area contributed by atoms with Gasteiger partial charge in [0.2, 0.25) is 0 Å². The summed E-state index contributed by atoms with van der Waals surface area (Å²) in [7, 11) is 0. The van der Waals surface area contributed by atoms with Crippen LogP contribution in [0.1, 0.15) is 31.2 Å². The van der Waals surface area contributed by atoms with Gasteiger partial charge in [0.05, 0.1) is 6.54 Å². The third-order valence-electron chi connectivity index (χ3n) is 3.21. The summed E-state index contributed by atoms with van der Waals surface area (Å²) in [5.41, 5.74) is 1.74. The Morgan fingerprint density at radius 3 is 3.06 bits per heavy atom. The summed E-state index contributed by atoms with van der Waals surface area (Å²) in [6.45, 7) is 3.10. The maximum absolute atomic E-state index is 4.13. The molecular formula is C11H14N4S. The molecule has 3 rings (SSSR count). The molecule has 1 aliphatic rings. The Kier molecular flexibility index (Phi) is 2.28. The highest BCUT2D eigenvalue weighted by atomic mass is 32.1. The highest BCUT2D eigenvalue weighted by molar-refractivity contribution is 7.07. The van der Waals surface area contributed by atoms with E-state index >= 15 is 0 Å². The molecule has 0 atom stereocenters. The number of hydrogen-bond acceptors (Lipinski definition) is 4. The summed E-state index contributed by atoms with van der Waals surface area (Å²) in [4.78, 5) is 0. The number of nitrogens with zero attached hydrogens (tertiary/aromatic N) is 4. The molecule has 0 aromatic carbocycles. The fraction of sp³-hybridized carbons (Fsp3) is 0.545. The number of aromatic nitrogens is 4. The van der Waals surface area contributed by atoms with Gasteiger partial charge in [0, 0.05) is 6.42 Å². The van der Waals surface area contributed by atoms with Gasteiger partial charge in [-0.3, -0.25) is 0 Å². The van der Waals surface area contributed by atoms with E-state index < -0.39 is 0 Å². The maximum atomic E-state index is 4.13. The molecule has 1 fully saturated rings. The Morgan fingerprint density at radius 1 is 1.50 bits per heavy atom. The normalized spacial score (nSPS) is 17.6. The quantitative estimate of drug-likeness (QED) is 0.814. The lowest BCUT2D eigenvalue weighted by Gasteiger charge is -2.07. The van der Waals surface area contributed by atoms with Gasteiger partial charge in [-0.05, 0) is 51.1 Å². The standard InChI is InChI=1S/C11H14N4S/c1-11(3-4-11)6-10-12-13-14-15(10)7-9-2-5-16-8-9/h2,5,8H,3-4,6-7H2,1H3. The smallest absolute Gasteiger partial charge is 0.152 e. The summed E-state index contributed by atoms with van der Waals surface area (Å²) in [5, 5.41) is 16.2. The first-order chi connectivity index (χ1) is 7.75. The van der Waals surface area contributed by atoms with Crippen LogP contribution in [0.2, 0.25) is 0 Å². The van der Waals surface area contributed by atoms with Crippen LogP contribution < -0.4 is 0 Å². The van der Waals surface area contributed by atoms with Crippen LogP contribution in [0.4, 0.5) is 0 Å². The zero-order valence-corrected chi connectivity index (χ0v) is 10.1. The second-order valence-electron chi connectivity index (χ2n) is 4.87. The third-order valence-corrected chi connectivity index (χ3v) is 3.94. The third kappa shape index (κ3) is 2.00. The van der Waals surface area contributed by atoms with E-state index in [1.807, 2.05) is 4.68 Å². The van der Waals surface area contributed by atoms with Gasteiger partial charge in [0.25, 0.3) is 0 Å². The van der Waals surface area contributed by atoms with Crippen molar-refractivity contribution >= 4 is 11.3 Å². The second-order valence-corrected chi connectivity index (χ2v) is 5.65. The lowest BCUT2D eigenvalue weighted by Crippen LogP contribution is -2.10. The number of hydrogen-bond donors (Lipinski definition) is 0. The van der Waals surface area contributed by atoms with E-state index in [1.165, 1.54) is 18.4 Å². The minimum Gasteiger partial charge on any atom is -0.225 e. The Balaban J connectivity index is 1.77. The molecule has 5 heteroatoms. The number of rotatable bonds is 4. The predicted octanol–water partition coefficient (Wildman–Crippen LogP) is 2.13. The fourth-order valence-electron chi connectivity index (χ4n) is 1.80. The molecule has 2 aromatic heterocycles. The van der Waals surface area contributed by atoms with E-state index in [4.69, 9.17) is 0 Å². The minimum absolute atomic E-state index is 0.459. The van der Waals surface area contributed by atoms with E-state index in [2.05, 4.69) is 39.3 Å². The Hall–Kier alpha value is -1.23. The first-order valence-electron chi connectivity index (χ1n) is 5.51. The lowest BCUT2D eigenvalue weighted by molar-refractivity contribution is 0.515. The first kappa shape index (κ1) is 9.96. The molecule has 4 nitrogen and oxygen atoms in total. The van der Waals surface area contributed by atoms with Crippen LogP contribution in [-0.2, 0) is 13.0 Å². The molecule has 0 amide bonds. The van der Waals surface area contributed by atoms with Gasteiger partial charge in [-0.1, -0.05) is 6.92 Å². The molecule has 0 unspecified atom stereocenters. The number of thiophene rings is 1. The largest absolute Gasteiger partial charge is 0.225 e. The Labute approximate surface area is 98.3 Å². The highest BCUT2D eigenvalue weighted by Crippen LogP contribution is 2.47. The van der Waals surface area contributed by atoms with Crippen molar-refractivity contribution in [2.75, 3.05) is 0 Å². The van der Waals surface area contributed by atoms with Crippen molar-refractivity contribution in [3.8, 4) is 0 Å². The van der Waals surface area contributed by atoms with Crippen LogP contribution in [0.25, 0.3) is 0 Å². The summed E-state index contributed by atoms with van der Waals surface area (Å²) < 4.78 is 1.92. The van der Waals surface area contributed by atoms with Crippen LogP contribution in [-0.4, -0.2) is 20.2 Å². The molecule has 0 N–H and O–H groups in total. The van der Waals surface area contributed by atoms with Gasteiger partial charge in [-0.2, -0.15) is 11.3 Å². The van der Waals surface area contributed by atoms with Crippen molar-refractivity contribution in [3.05, 3.63) is 28.2 Å². The SMILES string of the molecule is CC1(Cc2nnnn2Cc2ccsc2)CC1. The molecule has 16 heavy (non-hydrogen) atoms. The van der Waals surface area contributed by atoms with Crippen LogP contribution in [0, 0.1) is 5.41 Å². The van der Waals surface area contributed by atoms with Crippen molar-refractivity contribution in [1.29, 1.82) is 0 Å². The molecular weight excluding hydrogens is 220 g/mol. The average molecular weight is 234 g/mol. The van der Waals surface area contributed by atoms with E-state index in [1.54, 1.807) is 11.3 Å². The van der Waals surface area contributed by atoms with Crippen LogP contribution in [0.5, 0.6) is 0 Å². The highest BCUT2D eigenvalue weighted by Gasteiger charge is 2.38. The summed E-state index contributed by atoms with van der Waals surface area (Å²) >= 11 is 1.71. The van der Waals surface area contributed by atoms with Gasteiger partial charge in [0.15, 0.2) is 5.82 Å². The first-order valence-corrected chi connectivity index (χ1v) is 6.46. The summed E-state index contributed by atoms with van der Waals surface area (Å²) in [5.74, 6) is 1.02. The maximum Gasteiger partial charge on any atom is 0.152 e. The van der Waals surface area contributed by atoms with Gasteiger partial charge in [-0.15, -0.1) is 5.10 Å². The van der Waals surface area contributed by atoms with Crippen molar-refractivity contribution in [1.82, 2.24) is 20.2 Å². The van der Waals surface area contributed by atoms with E-state index in [0.717, 1.165) is 18.8 Å². The Bertz CT molecular complexity index is 470. The van der Waals surface area contributed by atoms with Crippen LogP contribution in [0.15, 0.2) is 16.8 Å². The van der Waals surface area contributed by atoms with Gasteiger partial charge < -0.3 is 0 Å². The average Bonchev–Trinajstić information content (AvgIpc) is 2.73. The van der Waals surface area contributed by atoms with Gasteiger partial charge >= 0.3 is 0 Å². The van der Waals surface area contributed by atoms with Gasteiger partial charge in [-0.25, -0.2) is 4.68 Å². The molecule has 0 radical (unpaired) electrons. The lowest BCUT2D eigenvalue weighted by atomic mass is 10.1. The molecule has 1 aliphatic carbocycles. The monoisotopic (exact) mass is 234 g/mol. The van der Waals surface area contributed by atoms with Crippen molar-refractivity contribution in [2.24, 2.45) is 5.41 Å². The fourth-order valence-corrected chi connectivity index (χ4v) is 2.46. The topological polar surface area (TPSA) is 43.6 Å². The molecule has 0 aliphatic heterocycles. The second kappa shape index (κ2) is 3.66. The number of tetrazole rings is 1. The van der Waals surface area contributed by atoms with Crippen LogP contribution >= 0.6 is 11.3 Å². The zero-order valence-electron chi connectivity index (χ0n) is 9.26. The molecule has 0 saturated heterocycles. The van der Waals surface area contributed by atoms with Crippen molar-refractivity contribution in [3.63, 3.8) is 0 Å². The van der Waals surface area contributed by atoms with Gasteiger partial charge in [0.1, 0.15) is 0 Å².